The molecule has 1 N–H and O–H groups in total. The van der Waals surface area contributed by atoms with Crippen molar-refractivity contribution in [3.63, 3.8) is 0 Å². The van der Waals surface area contributed by atoms with Crippen LogP contribution < -0.4 is 5.32 Å². The smallest absolute Gasteiger partial charge is 0.219 e. The van der Waals surface area contributed by atoms with Gasteiger partial charge < -0.3 is 5.32 Å². The lowest BCUT2D eigenvalue weighted by atomic mass is 9.86. The fourth-order valence-corrected chi connectivity index (χ4v) is 2.15. The van der Waals surface area contributed by atoms with Gasteiger partial charge >= 0.3 is 0 Å². The number of carbonyl (C=O) groups excluding carboxylic acids is 1. The van der Waals surface area contributed by atoms with Gasteiger partial charge in [0, 0.05) is 13.5 Å². The average Bonchev–Trinajstić information content (AvgIpc) is 2.19. The molecule has 1 fully saturated rings. The molecule has 1 amide bonds. The summed E-state index contributed by atoms with van der Waals surface area (Å²) in [5, 5.41) is 2.66. The first-order valence-electron chi connectivity index (χ1n) is 5.53. The van der Waals surface area contributed by atoms with Crippen molar-refractivity contribution in [1.29, 1.82) is 0 Å². The van der Waals surface area contributed by atoms with E-state index in [4.69, 9.17) is 0 Å². The predicted octanol–water partition coefficient (Wildman–Crippen LogP) is 2.48. The summed E-state index contributed by atoms with van der Waals surface area (Å²) in [5.74, 6) is 1.11. The maximum Gasteiger partial charge on any atom is 0.219 e. The van der Waals surface area contributed by atoms with Gasteiger partial charge in [0.15, 0.2) is 0 Å². The molecule has 0 aliphatic heterocycles. The van der Waals surface area contributed by atoms with Gasteiger partial charge in [-0.25, -0.2) is 0 Å². The lowest BCUT2D eigenvalue weighted by molar-refractivity contribution is -0.120. The first-order chi connectivity index (χ1) is 6.33. The van der Waals surface area contributed by atoms with Crippen LogP contribution in [0.25, 0.3) is 0 Å². The molecule has 0 unspecified atom stereocenters. The van der Waals surface area contributed by atoms with Crippen molar-refractivity contribution >= 4 is 5.91 Å². The Morgan fingerprint density at radius 2 is 2.00 bits per heavy atom. The molecule has 13 heavy (non-hydrogen) atoms. The van der Waals surface area contributed by atoms with Gasteiger partial charge in [0.1, 0.15) is 0 Å². The van der Waals surface area contributed by atoms with Crippen LogP contribution in [-0.2, 0) is 4.79 Å². The zero-order valence-electron chi connectivity index (χ0n) is 8.64. The highest BCUT2D eigenvalue weighted by atomic mass is 16.1. The Labute approximate surface area is 81.1 Å². The third-order valence-corrected chi connectivity index (χ3v) is 3.02. The van der Waals surface area contributed by atoms with Gasteiger partial charge in [-0.15, -0.1) is 0 Å². The number of amides is 1. The first-order valence-corrected chi connectivity index (χ1v) is 5.53. The van der Waals surface area contributed by atoms with E-state index in [2.05, 4.69) is 5.32 Å². The Morgan fingerprint density at radius 1 is 1.31 bits per heavy atom. The molecule has 0 heterocycles. The second-order valence-corrected chi connectivity index (χ2v) is 4.07. The van der Waals surface area contributed by atoms with Crippen LogP contribution in [-0.4, -0.2) is 13.0 Å². The zero-order chi connectivity index (χ0) is 9.52. The molecule has 0 aromatic carbocycles. The quantitative estimate of drug-likeness (QED) is 0.712. The van der Waals surface area contributed by atoms with E-state index in [9.17, 15) is 4.79 Å². The van der Waals surface area contributed by atoms with Crippen molar-refractivity contribution in [2.24, 2.45) is 5.92 Å². The standard InChI is InChI=1S/C11H21NO/c1-12-11(13)9-5-8-10-6-3-2-4-7-10/h10H,2-9H2,1H3,(H,12,13). The summed E-state index contributed by atoms with van der Waals surface area (Å²) >= 11 is 0. The summed E-state index contributed by atoms with van der Waals surface area (Å²) in [4.78, 5) is 10.9. The van der Waals surface area contributed by atoms with Gasteiger partial charge in [-0.05, 0) is 18.8 Å². The molecule has 1 rings (SSSR count). The summed E-state index contributed by atoms with van der Waals surface area (Å²) in [6, 6.07) is 0. The highest BCUT2D eigenvalue weighted by molar-refractivity contribution is 5.75. The van der Waals surface area contributed by atoms with Crippen LogP contribution in [0.15, 0.2) is 0 Å². The summed E-state index contributed by atoms with van der Waals surface area (Å²) in [5.41, 5.74) is 0. The maximum atomic E-state index is 10.9. The molecule has 0 atom stereocenters. The van der Waals surface area contributed by atoms with Crippen LogP contribution >= 0.6 is 0 Å². The Hall–Kier alpha value is -0.530. The minimum atomic E-state index is 0.191. The first kappa shape index (κ1) is 10.6. The Kier molecular flexibility index (Phi) is 4.87. The van der Waals surface area contributed by atoms with Crippen molar-refractivity contribution in [2.45, 2.75) is 51.4 Å². The minimum Gasteiger partial charge on any atom is -0.359 e. The fraction of sp³-hybridized carbons (Fsp3) is 0.909. The van der Waals surface area contributed by atoms with E-state index < -0.39 is 0 Å². The summed E-state index contributed by atoms with van der Waals surface area (Å²) in [6.45, 7) is 0. The van der Waals surface area contributed by atoms with E-state index in [0.717, 1.165) is 12.3 Å². The topological polar surface area (TPSA) is 29.1 Å². The van der Waals surface area contributed by atoms with Crippen molar-refractivity contribution < 1.29 is 4.79 Å². The molecule has 2 nitrogen and oxygen atoms in total. The minimum absolute atomic E-state index is 0.191. The number of rotatable bonds is 4. The van der Waals surface area contributed by atoms with Gasteiger partial charge in [0.05, 0.1) is 0 Å². The fourth-order valence-electron chi connectivity index (χ4n) is 2.15. The van der Waals surface area contributed by atoms with Crippen LogP contribution in [0, 0.1) is 5.92 Å². The summed E-state index contributed by atoms with van der Waals surface area (Å²) < 4.78 is 0. The molecule has 0 aromatic heterocycles. The Balaban J connectivity index is 2.01. The highest BCUT2D eigenvalue weighted by Gasteiger charge is 2.12. The van der Waals surface area contributed by atoms with Crippen LogP contribution in [0.5, 0.6) is 0 Å². The molecule has 0 aromatic rings. The van der Waals surface area contributed by atoms with Crippen LogP contribution in [0.3, 0.4) is 0 Å². The number of hydrogen-bond donors (Lipinski definition) is 1. The molecular formula is C11H21NO. The lowest BCUT2D eigenvalue weighted by Crippen LogP contribution is -2.17. The maximum absolute atomic E-state index is 10.9. The highest BCUT2D eigenvalue weighted by Crippen LogP contribution is 2.27. The second kappa shape index (κ2) is 6.01. The third kappa shape index (κ3) is 4.30. The predicted molar refractivity (Wildman–Crippen MR) is 54.5 cm³/mol. The van der Waals surface area contributed by atoms with Gasteiger partial charge in [-0.3, -0.25) is 4.79 Å². The van der Waals surface area contributed by atoms with Gasteiger partial charge in [0.25, 0.3) is 0 Å². The molecule has 0 radical (unpaired) electrons. The summed E-state index contributed by atoms with van der Waals surface area (Å²) in [6.07, 6.45) is 10.1. The van der Waals surface area contributed by atoms with E-state index in [1.165, 1.54) is 38.5 Å². The Bertz CT molecular complexity index is 150. The van der Waals surface area contributed by atoms with Gasteiger partial charge in [-0.2, -0.15) is 0 Å². The molecule has 76 valence electrons. The van der Waals surface area contributed by atoms with Crippen molar-refractivity contribution in [2.75, 3.05) is 7.05 Å². The second-order valence-electron chi connectivity index (χ2n) is 4.07. The average molecular weight is 183 g/mol. The molecule has 0 saturated heterocycles. The van der Waals surface area contributed by atoms with E-state index in [1.807, 2.05) is 0 Å². The molecule has 2 heteroatoms. The van der Waals surface area contributed by atoms with Crippen LogP contribution in [0.4, 0.5) is 0 Å². The largest absolute Gasteiger partial charge is 0.359 e. The molecule has 1 saturated carbocycles. The van der Waals surface area contributed by atoms with Crippen molar-refractivity contribution in [3.05, 3.63) is 0 Å². The zero-order valence-corrected chi connectivity index (χ0v) is 8.64. The van der Waals surface area contributed by atoms with E-state index >= 15 is 0 Å². The SMILES string of the molecule is CNC(=O)CCCC1CCCCC1. The Morgan fingerprint density at radius 3 is 2.62 bits per heavy atom. The molecular weight excluding hydrogens is 162 g/mol. The lowest BCUT2D eigenvalue weighted by Gasteiger charge is -2.20. The third-order valence-electron chi connectivity index (χ3n) is 3.02. The van der Waals surface area contributed by atoms with Gasteiger partial charge in [0.2, 0.25) is 5.91 Å². The van der Waals surface area contributed by atoms with E-state index in [-0.39, 0.29) is 5.91 Å². The molecule has 0 bridgehead atoms. The molecule has 1 aliphatic carbocycles. The normalized spacial score (nSPS) is 18.5. The van der Waals surface area contributed by atoms with E-state index in [0.29, 0.717) is 6.42 Å². The molecule has 0 spiro atoms. The van der Waals surface area contributed by atoms with Crippen molar-refractivity contribution in [3.8, 4) is 0 Å². The number of hydrogen-bond acceptors (Lipinski definition) is 1. The number of carbonyl (C=O) groups is 1. The van der Waals surface area contributed by atoms with Gasteiger partial charge in [-0.1, -0.05) is 32.1 Å². The van der Waals surface area contributed by atoms with E-state index in [1.54, 1.807) is 7.05 Å². The summed E-state index contributed by atoms with van der Waals surface area (Å²) in [7, 11) is 1.71. The van der Waals surface area contributed by atoms with Crippen LogP contribution in [0.2, 0.25) is 0 Å². The van der Waals surface area contributed by atoms with Crippen molar-refractivity contribution in [1.82, 2.24) is 5.32 Å². The molecule has 1 aliphatic rings. The number of nitrogens with one attached hydrogen (secondary N) is 1. The van der Waals surface area contributed by atoms with Crippen LogP contribution in [0.1, 0.15) is 51.4 Å². The monoisotopic (exact) mass is 183 g/mol.